The van der Waals surface area contributed by atoms with E-state index in [4.69, 9.17) is 9.84 Å². The van der Waals surface area contributed by atoms with Crippen LogP contribution in [-0.2, 0) is 0 Å². The van der Waals surface area contributed by atoms with Gasteiger partial charge in [-0.15, -0.1) is 0 Å². The number of hydrogen-bond donors (Lipinski definition) is 1. The van der Waals surface area contributed by atoms with Crippen LogP contribution in [0.2, 0.25) is 0 Å². The van der Waals surface area contributed by atoms with Crippen molar-refractivity contribution >= 4 is 5.97 Å². The lowest BCUT2D eigenvalue weighted by atomic mass is 10.3. The molecule has 18 heavy (non-hydrogen) atoms. The van der Waals surface area contributed by atoms with Gasteiger partial charge in [0.15, 0.2) is 5.75 Å². The molecule has 0 radical (unpaired) electrons. The average molecular weight is 250 g/mol. The van der Waals surface area contributed by atoms with Crippen LogP contribution in [-0.4, -0.2) is 27.5 Å². The summed E-state index contributed by atoms with van der Waals surface area (Å²) in [6.45, 7) is 2.09. The lowest BCUT2D eigenvalue weighted by Crippen LogP contribution is -2.03. The molecule has 0 aliphatic carbocycles. The third-order valence-corrected chi connectivity index (χ3v) is 2.27. The molecule has 1 heterocycles. The Morgan fingerprint density at radius 2 is 2.11 bits per heavy atom. The van der Waals surface area contributed by atoms with E-state index in [9.17, 15) is 9.18 Å². The molecule has 1 N–H and O–H groups in total. The van der Waals surface area contributed by atoms with E-state index in [2.05, 4.69) is 5.10 Å². The van der Waals surface area contributed by atoms with E-state index in [1.165, 1.54) is 35.1 Å². The van der Waals surface area contributed by atoms with E-state index >= 15 is 0 Å². The maximum atomic E-state index is 12.8. The monoisotopic (exact) mass is 250 g/mol. The van der Waals surface area contributed by atoms with Crippen LogP contribution in [0.5, 0.6) is 5.75 Å². The van der Waals surface area contributed by atoms with Crippen LogP contribution in [0, 0.1) is 5.82 Å². The minimum Gasteiger partial charge on any atom is -0.490 e. The highest BCUT2D eigenvalue weighted by Gasteiger charge is 2.17. The van der Waals surface area contributed by atoms with Gasteiger partial charge < -0.3 is 9.84 Å². The maximum Gasteiger partial charge on any atom is 0.360 e. The third-order valence-electron chi connectivity index (χ3n) is 2.27. The zero-order valence-electron chi connectivity index (χ0n) is 9.63. The predicted molar refractivity (Wildman–Crippen MR) is 61.7 cm³/mol. The van der Waals surface area contributed by atoms with Gasteiger partial charge in [-0.3, -0.25) is 0 Å². The first-order valence-corrected chi connectivity index (χ1v) is 5.33. The number of nitrogens with zero attached hydrogens (tertiary/aromatic N) is 2. The van der Waals surface area contributed by atoms with Crippen molar-refractivity contribution in [2.75, 3.05) is 6.61 Å². The second-order valence-electron chi connectivity index (χ2n) is 3.50. The van der Waals surface area contributed by atoms with Crippen LogP contribution >= 0.6 is 0 Å². The molecular weight excluding hydrogens is 239 g/mol. The molecule has 0 atom stereocenters. The highest BCUT2D eigenvalue weighted by Crippen LogP contribution is 2.20. The first-order chi connectivity index (χ1) is 8.61. The van der Waals surface area contributed by atoms with Crippen molar-refractivity contribution in [2.45, 2.75) is 6.92 Å². The van der Waals surface area contributed by atoms with Crippen molar-refractivity contribution in [3.8, 4) is 11.4 Å². The van der Waals surface area contributed by atoms with E-state index in [0.29, 0.717) is 12.3 Å². The summed E-state index contributed by atoms with van der Waals surface area (Å²) in [6.07, 6.45) is 1.46. The Balaban J connectivity index is 2.42. The molecule has 1 aromatic carbocycles. The highest BCUT2D eigenvalue weighted by molar-refractivity contribution is 5.88. The number of carbonyl (C=O) groups is 1. The number of rotatable bonds is 4. The zero-order chi connectivity index (χ0) is 13.1. The van der Waals surface area contributed by atoms with Crippen LogP contribution in [0.25, 0.3) is 5.69 Å². The van der Waals surface area contributed by atoms with Crippen molar-refractivity contribution < 1.29 is 19.0 Å². The third kappa shape index (κ3) is 2.32. The molecule has 94 valence electrons. The first-order valence-electron chi connectivity index (χ1n) is 5.33. The van der Waals surface area contributed by atoms with Crippen LogP contribution in [0.4, 0.5) is 4.39 Å². The Morgan fingerprint density at radius 3 is 2.67 bits per heavy atom. The molecule has 6 heteroatoms. The van der Waals surface area contributed by atoms with Gasteiger partial charge in [0.25, 0.3) is 0 Å². The van der Waals surface area contributed by atoms with Crippen LogP contribution in [0.15, 0.2) is 30.5 Å². The van der Waals surface area contributed by atoms with Gasteiger partial charge in [-0.2, -0.15) is 5.10 Å². The molecule has 0 aliphatic rings. The van der Waals surface area contributed by atoms with Crippen LogP contribution in [0.1, 0.15) is 17.4 Å². The summed E-state index contributed by atoms with van der Waals surface area (Å²) < 4.78 is 19.3. The van der Waals surface area contributed by atoms with Gasteiger partial charge in [0, 0.05) is 0 Å². The zero-order valence-corrected chi connectivity index (χ0v) is 9.63. The smallest absolute Gasteiger partial charge is 0.360 e. The summed E-state index contributed by atoms with van der Waals surface area (Å²) in [5, 5.41) is 12.9. The number of aromatic carboxylic acids is 1. The molecule has 2 aromatic rings. The summed E-state index contributed by atoms with van der Waals surface area (Å²) in [6, 6.07) is 5.56. The summed E-state index contributed by atoms with van der Waals surface area (Å²) >= 11 is 0. The molecule has 2 rings (SSSR count). The predicted octanol–water partition coefficient (Wildman–Crippen LogP) is 2.11. The Labute approximate surface area is 102 Å². The number of aromatic nitrogens is 2. The number of benzene rings is 1. The van der Waals surface area contributed by atoms with Crippen molar-refractivity contribution in [1.29, 1.82) is 0 Å². The second-order valence-corrected chi connectivity index (χ2v) is 3.50. The summed E-state index contributed by atoms with van der Waals surface area (Å²) in [4.78, 5) is 11.0. The summed E-state index contributed by atoms with van der Waals surface area (Å²) in [5.74, 6) is -1.34. The number of halogens is 1. The van der Waals surface area contributed by atoms with Gasteiger partial charge in [-0.1, -0.05) is 0 Å². The molecule has 0 fully saturated rings. The number of hydrogen-bond acceptors (Lipinski definition) is 3. The number of carboxylic acids is 1. The van der Waals surface area contributed by atoms with Gasteiger partial charge in [0.05, 0.1) is 18.5 Å². The normalized spacial score (nSPS) is 10.3. The van der Waals surface area contributed by atoms with Gasteiger partial charge in [0.2, 0.25) is 5.69 Å². The topological polar surface area (TPSA) is 64.4 Å². The molecule has 1 aromatic heterocycles. The molecule has 0 amide bonds. The average Bonchev–Trinajstić information content (AvgIpc) is 2.75. The Hall–Kier alpha value is -2.37. The molecule has 0 saturated heterocycles. The standard InChI is InChI=1S/C12H11FN2O3/c1-2-18-10-7-15(14-11(10)12(16)17)9-5-3-8(13)4-6-9/h3-7H,2H2,1H3,(H,16,17). The summed E-state index contributed by atoms with van der Waals surface area (Å²) in [5.41, 5.74) is 0.394. The minimum atomic E-state index is -1.17. The molecule has 0 spiro atoms. The SMILES string of the molecule is CCOc1cn(-c2ccc(F)cc2)nc1C(=O)O. The lowest BCUT2D eigenvalue weighted by Gasteiger charge is -1.99. The molecule has 0 bridgehead atoms. The fourth-order valence-electron chi connectivity index (χ4n) is 1.49. The minimum absolute atomic E-state index is 0.166. The van der Waals surface area contributed by atoms with E-state index in [0.717, 1.165) is 0 Å². The molecule has 0 unspecified atom stereocenters. The Kier molecular flexibility index (Phi) is 3.27. The van der Waals surface area contributed by atoms with E-state index in [1.54, 1.807) is 6.92 Å². The van der Waals surface area contributed by atoms with Gasteiger partial charge in [-0.05, 0) is 31.2 Å². The summed E-state index contributed by atoms with van der Waals surface area (Å²) in [7, 11) is 0. The lowest BCUT2D eigenvalue weighted by molar-refractivity contribution is 0.0685. The van der Waals surface area contributed by atoms with Gasteiger partial charge in [-0.25, -0.2) is 13.9 Å². The molecule has 5 nitrogen and oxygen atoms in total. The molecular formula is C12H11FN2O3. The maximum absolute atomic E-state index is 12.8. The van der Waals surface area contributed by atoms with Crippen molar-refractivity contribution in [3.05, 3.63) is 42.0 Å². The van der Waals surface area contributed by atoms with Crippen molar-refractivity contribution in [1.82, 2.24) is 9.78 Å². The number of ether oxygens (including phenoxy) is 1. The Bertz CT molecular complexity index is 563. The largest absolute Gasteiger partial charge is 0.490 e. The number of carboxylic acid groups (broad SMARTS) is 1. The molecule has 0 aliphatic heterocycles. The van der Waals surface area contributed by atoms with E-state index < -0.39 is 5.97 Å². The quantitative estimate of drug-likeness (QED) is 0.902. The molecule has 0 saturated carbocycles. The van der Waals surface area contributed by atoms with Gasteiger partial charge in [0.1, 0.15) is 5.82 Å². The second kappa shape index (κ2) is 4.87. The van der Waals surface area contributed by atoms with Gasteiger partial charge >= 0.3 is 5.97 Å². The Morgan fingerprint density at radius 1 is 1.44 bits per heavy atom. The fraction of sp³-hybridized carbons (Fsp3) is 0.167. The highest BCUT2D eigenvalue weighted by atomic mass is 19.1. The van der Waals surface area contributed by atoms with Crippen LogP contribution in [0.3, 0.4) is 0 Å². The van der Waals surface area contributed by atoms with Crippen molar-refractivity contribution in [2.24, 2.45) is 0 Å². The van der Waals surface area contributed by atoms with Crippen molar-refractivity contribution in [3.63, 3.8) is 0 Å². The van der Waals surface area contributed by atoms with E-state index in [-0.39, 0.29) is 17.3 Å². The first kappa shape index (κ1) is 12.1. The fourth-order valence-corrected chi connectivity index (χ4v) is 1.49. The van der Waals surface area contributed by atoms with E-state index in [1.807, 2.05) is 0 Å². The van der Waals surface area contributed by atoms with Crippen LogP contribution < -0.4 is 4.74 Å².